The highest BCUT2D eigenvalue weighted by molar-refractivity contribution is 6.04. The summed E-state index contributed by atoms with van der Waals surface area (Å²) in [6, 6.07) is 13.9. The molecule has 3 amide bonds. The second-order valence-corrected chi connectivity index (χ2v) is 8.20. The molecule has 1 fully saturated rings. The SMILES string of the molecule is Cc1cccc(NC(=O)C2CCCN(C(=O)c3ccc(C)c(NC(=O)c4ccco4)c3)C2)n1. The van der Waals surface area contributed by atoms with E-state index in [-0.39, 0.29) is 29.4 Å². The van der Waals surface area contributed by atoms with Gasteiger partial charge in [-0.1, -0.05) is 12.1 Å². The Morgan fingerprint density at radius 3 is 2.67 bits per heavy atom. The molecule has 1 aromatic carbocycles. The smallest absolute Gasteiger partial charge is 0.291 e. The number of aryl methyl sites for hydroxylation is 2. The van der Waals surface area contributed by atoms with Crippen molar-refractivity contribution in [3.05, 3.63) is 77.4 Å². The lowest BCUT2D eigenvalue weighted by Crippen LogP contribution is -2.43. The number of furan rings is 1. The highest BCUT2D eigenvalue weighted by Gasteiger charge is 2.29. The van der Waals surface area contributed by atoms with Gasteiger partial charge in [-0.15, -0.1) is 0 Å². The van der Waals surface area contributed by atoms with Crippen LogP contribution >= 0.6 is 0 Å². The van der Waals surface area contributed by atoms with Gasteiger partial charge in [-0.25, -0.2) is 4.98 Å². The molecule has 1 aliphatic heterocycles. The molecule has 2 N–H and O–H groups in total. The van der Waals surface area contributed by atoms with Gasteiger partial charge in [0.05, 0.1) is 12.2 Å². The van der Waals surface area contributed by atoms with Gasteiger partial charge in [0.1, 0.15) is 5.82 Å². The Bertz CT molecular complexity index is 1170. The first-order valence-corrected chi connectivity index (χ1v) is 10.9. The van der Waals surface area contributed by atoms with Crippen molar-refractivity contribution in [2.24, 2.45) is 5.92 Å². The predicted molar refractivity (Wildman–Crippen MR) is 124 cm³/mol. The summed E-state index contributed by atoms with van der Waals surface area (Å²) in [5, 5.41) is 5.65. The molecule has 1 atom stereocenters. The van der Waals surface area contributed by atoms with Gasteiger partial charge in [0.15, 0.2) is 5.76 Å². The minimum absolute atomic E-state index is 0.138. The van der Waals surface area contributed by atoms with Crippen LogP contribution in [0.15, 0.2) is 59.2 Å². The number of carbonyl (C=O) groups excluding carboxylic acids is 3. The van der Waals surface area contributed by atoms with Crippen molar-refractivity contribution in [3.63, 3.8) is 0 Å². The summed E-state index contributed by atoms with van der Waals surface area (Å²) in [7, 11) is 0. The third-order valence-electron chi connectivity index (χ3n) is 5.70. The number of anilines is 2. The second-order valence-electron chi connectivity index (χ2n) is 8.20. The maximum atomic E-state index is 13.2. The zero-order chi connectivity index (χ0) is 23.4. The average Bonchev–Trinajstić information content (AvgIpc) is 3.35. The van der Waals surface area contributed by atoms with Crippen LogP contribution in [0.4, 0.5) is 11.5 Å². The molecule has 170 valence electrons. The van der Waals surface area contributed by atoms with E-state index in [1.165, 1.54) is 6.26 Å². The number of piperidine rings is 1. The molecule has 4 rings (SSSR count). The van der Waals surface area contributed by atoms with Gasteiger partial charge in [-0.05, 0) is 68.7 Å². The second kappa shape index (κ2) is 9.68. The summed E-state index contributed by atoms with van der Waals surface area (Å²) in [6.45, 7) is 4.63. The zero-order valence-electron chi connectivity index (χ0n) is 18.6. The third-order valence-corrected chi connectivity index (χ3v) is 5.70. The van der Waals surface area contributed by atoms with E-state index >= 15 is 0 Å². The standard InChI is InChI=1S/C25H26N4O4/c1-16-10-11-18(14-20(16)27-24(31)21-8-5-13-33-21)25(32)29-12-4-7-19(15-29)23(30)28-22-9-3-6-17(2)26-22/h3,5-6,8-11,13-14,19H,4,7,12,15H2,1-2H3,(H,27,31)(H,26,28,30). The summed E-state index contributed by atoms with van der Waals surface area (Å²) < 4.78 is 5.13. The normalized spacial score (nSPS) is 15.7. The van der Waals surface area contributed by atoms with Crippen LogP contribution in [0.5, 0.6) is 0 Å². The van der Waals surface area contributed by atoms with Gasteiger partial charge in [0.25, 0.3) is 11.8 Å². The van der Waals surface area contributed by atoms with E-state index in [9.17, 15) is 14.4 Å². The van der Waals surface area contributed by atoms with Crippen LogP contribution in [0, 0.1) is 19.8 Å². The van der Waals surface area contributed by atoms with Crippen LogP contribution in [-0.2, 0) is 4.79 Å². The van der Waals surface area contributed by atoms with Crippen molar-refractivity contribution in [2.75, 3.05) is 23.7 Å². The summed E-state index contributed by atoms with van der Waals surface area (Å²) in [6.07, 6.45) is 2.87. The van der Waals surface area contributed by atoms with Crippen LogP contribution in [0.3, 0.4) is 0 Å². The third kappa shape index (κ3) is 5.28. The fourth-order valence-corrected chi connectivity index (χ4v) is 3.88. The van der Waals surface area contributed by atoms with Gasteiger partial charge < -0.3 is 20.0 Å². The van der Waals surface area contributed by atoms with Crippen LogP contribution in [-0.4, -0.2) is 40.7 Å². The first kappa shape index (κ1) is 22.3. The van der Waals surface area contributed by atoms with Gasteiger partial charge in [0, 0.05) is 30.0 Å². The lowest BCUT2D eigenvalue weighted by molar-refractivity contribution is -0.121. The minimum atomic E-state index is -0.382. The molecular weight excluding hydrogens is 420 g/mol. The van der Waals surface area contributed by atoms with Crippen LogP contribution in [0.25, 0.3) is 0 Å². The number of hydrogen-bond donors (Lipinski definition) is 2. The topological polar surface area (TPSA) is 105 Å². The zero-order valence-corrected chi connectivity index (χ0v) is 18.6. The number of nitrogens with one attached hydrogen (secondary N) is 2. The monoisotopic (exact) mass is 446 g/mol. The molecule has 8 heteroatoms. The molecule has 33 heavy (non-hydrogen) atoms. The Kier molecular flexibility index (Phi) is 6.53. The Hall–Kier alpha value is -3.94. The van der Waals surface area contributed by atoms with Crippen LogP contribution in [0.2, 0.25) is 0 Å². The number of pyridine rings is 1. The van der Waals surface area contributed by atoms with Crippen LogP contribution in [0.1, 0.15) is 45.0 Å². The predicted octanol–water partition coefficient (Wildman–Crippen LogP) is 4.03. The number of carbonyl (C=O) groups is 3. The molecule has 0 radical (unpaired) electrons. The van der Waals surface area contributed by atoms with E-state index in [0.717, 1.165) is 17.7 Å². The summed E-state index contributed by atoms with van der Waals surface area (Å²) in [4.78, 5) is 44.3. The van der Waals surface area contributed by atoms with Gasteiger partial charge >= 0.3 is 0 Å². The molecule has 2 aromatic heterocycles. The molecule has 1 aliphatic rings. The quantitative estimate of drug-likeness (QED) is 0.616. The summed E-state index contributed by atoms with van der Waals surface area (Å²) in [5.41, 5.74) is 2.64. The number of aromatic nitrogens is 1. The van der Waals surface area contributed by atoms with Crippen molar-refractivity contribution < 1.29 is 18.8 Å². The van der Waals surface area contributed by atoms with Crippen molar-refractivity contribution in [3.8, 4) is 0 Å². The first-order chi connectivity index (χ1) is 15.9. The number of hydrogen-bond acceptors (Lipinski definition) is 5. The molecule has 3 heterocycles. The highest BCUT2D eigenvalue weighted by atomic mass is 16.3. The number of benzene rings is 1. The van der Waals surface area contributed by atoms with Gasteiger partial charge in [-0.3, -0.25) is 14.4 Å². The molecule has 0 spiro atoms. The first-order valence-electron chi connectivity index (χ1n) is 10.9. The van der Waals surface area contributed by atoms with Crippen molar-refractivity contribution in [2.45, 2.75) is 26.7 Å². The molecular formula is C25H26N4O4. The summed E-state index contributed by atoms with van der Waals surface area (Å²) in [5.74, 6) is -0.297. The molecule has 0 bridgehead atoms. The maximum absolute atomic E-state index is 13.2. The van der Waals surface area contributed by atoms with Crippen LogP contribution < -0.4 is 10.6 Å². The average molecular weight is 447 g/mol. The fourth-order valence-electron chi connectivity index (χ4n) is 3.88. The minimum Gasteiger partial charge on any atom is -0.459 e. The molecule has 0 aliphatic carbocycles. The van der Waals surface area contributed by atoms with E-state index in [0.29, 0.717) is 36.6 Å². The molecule has 3 aromatic rings. The van der Waals surface area contributed by atoms with E-state index in [2.05, 4.69) is 15.6 Å². The van der Waals surface area contributed by atoms with E-state index in [1.807, 2.05) is 26.0 Å². The van der Waals surface area contributed by atoms with Crippen molar-refractivity contribution in [1.29, 1.82) is 0 Å². The number of amides is 3. The molecule has 1 saturated heterocycles. The van der Waals surface area contributed by atoms with Gasteiger partial charge in [-0.2, -0.15) is 0 Å². The Balaban J connectivity index is 1.44. The lowest BCUT2D eigenvalue weighted by Gasteiger charge is -2.32. The maximum Gasteiger partial charge on any atom is 0.291 e. The van der Waals surface area contributed by atoms with E-state index < -0.39 is 0 Å². The number of nitrogens with zero attached hydrogens (tertiary/aromatic N) is 2. The van der Waals surface area contributed by atoms with Crippen molar-refractivity contribution >= 4 is 29.2 Å². The fraction of sp³-hybridized carbons (Fsp3) is 0.280. The molecule has 0 saturated carbocycles. The molecule has 1 unspecified atom stereocenters. The van der Waals surface area contributed by atoms with Gasteiger partial charge in [0.2, 0.25) is 5.91 Å². The van der Waals surface area contributed by atoms with E-state index in [1.54, 1.807) is 41.3 Å². The largest absolute Gasteiger partial charge is 0.459 e. The lowest BCUT2D eigenvalue weighted by atomic mass is 9.96. The van der Waals surface area contributed by atoms with E-state index in [4.69, 9.17) is 4.42 Å². The Morgan fingerprint density at radius 2 is 1.91 bits per heavy atom. The number of rotatable bonds is 5. The molecule has 8 nitrogen and oxygen atoms in total. The van der Waals surface area contributed by atoms with Crippen molar-refractivity contribution in [1.82, 2.24) is 9.88 Å². The number of likely N-dealkylation sites (tertiary alicyclic amines) is 1. The Morgan fingerprint density at radius 1 is 1.06 bits per heavy atom. The summed E-state index contributed by atoms with van der Waals surface area (Å²) >= 11 is 0. The Labute approximate surface area is 192 Å². The highest BCUT2D eigenvalue weighted by Crippen LogP contribution is 2.23.